The van der Waals surface area contributed by atoms with E-state index in [0.717, 1.165) is 12.0 Å². The highest BCUT2D eigenvalue weighted by molar-refractivity contribution is 7.89. The summed E-state index contributed by atoms with van der Waals surface area (Å²) in [4.78, 5) is 0.246. The normalized spacial score (nSPS) is 10.7. The Labute approximate surface area is 102 Å². The lowest BCUT2D eigenvalue weighted by molar-refractivity contribution is 0.586. The molecule has 3 N–H and O–H groups in total. The van der Waals surface area contributed by atoms with Crippen LogP contribution in [0, 0.1) is 11.8 Å². The average molecular weight is 252 g/mol. The molecule has 0 unspecified atom stereocenters. The van der Waals surface area contributed by atoms with Crippen molar-refractivity contribution in [3.8, 4) is 11.8 Å². The van der Waals surface area contributed by atoms with Crippen LogP contribution in [0.1, 0.15) is 12.5 Å². The molecule has 0 aliphatic heterocycles. The molecular weight excluding hydrogens is 236 g/mol. The zero-order valence-corrected chi connectivity index (χ0v) is 10.5. The number of sulfonamides is 1. The number of hydrogen-bond acceptors (Lipinski definition) is 3. The number of hydrogen-bond donors (Lipinski definition) is 2. The second-order valence-electron chi connectivity index (χ2n) is 3.43. The van der Waals surface area contributed by atoms with Gasteiger partial charge in [0.05, 0.1) is 11.4 Å². The van der Waals surface area contributed by atoms with E-state index >= 15 is 0 Å². The van der Waals surface area contributed by atoms with E-state index < -0.39 is 10.0 Å². The summed E-state index contributed by atoms with van der Waals surface area (Å²) in [6.07, 6.45) is 0.745. The molecular formula is C12H16N2O2S. The maximum atomic E-state index is 11.8. The van der Waals surface area contributed by atoms with Gasteiger partial charge in [-0.3, -0.25) is 0 Å². The van der Waals surface area contributed by atoms with Gasteiger partial charge < -0.3 is 5.73 Å². The van der Waals surface area contributed by atoms with Crippen molar-refractivity contribution >= 4 is 10.0 Å². The topological polar surface area (TPSA) is 72.2 Å². The summed E-state index contributed by atoms with van der Waals surface area (Å²) in [6, 6.07) is 6.69. The summed E-state index contributed by atoms with van der Waals surface area (Å²) in [5, 5.41) is 0. The molecule has 0 bridgehead atoms. The molecule has 0 aliphatic carbocycles. The van der Waals surface area contributed by atoms with E-state index in [1.54, 1.807) is 31.2 Å². The lowest BCUT2D eigenvalue weighted by Gasteiger charge is -2.05. The first-order valence-corrected chi connectivity index (χ1v) is 6.77. The molecule has 92 valence electrons. The quantitative estimate of drug-likeness (QED) is 0.749. The first-order valence-electron chi connectivity index (χ1n) is 5.28. The van der Waals surface area contributed by atoms with Crippen LogP contribution < -0.4 is 10.5 Å². The van der Waals surface area contributed by atoms with Gasteiger partial charge >= 0.3 is 0 Å². The second kappa shape index (κ2) is 6.40. The highest BCUT2D eigenvalue weighted by atomic mass is 32.2. The van der Waals surface area contributed by atoms with Crippen LogP contribution in [0.4, 0.5) is 0 Å². The predicted molar refractivity (Wildman–Crippen MR) is 67.8 cm³/mol. The van der Waals surface area contributed by atoms with E-state index in [0.29, 0.717) is 6.54 Å². The molecule has 0 atom stereocenters. The van der Waals surface area contributed by atoms with Crippen LogP contribution in [0.25, 0.3) is 0 Å². The second-order valence-corrected chi connectivity index (χ2v) is 5.20. The Hall–Kier alpha value is -1.35. The molecule has 0 spiro atoms. The van der Waals surface area contributed by atoms with Gasteiger partial charge in [-0.25, -0.2) is 8.42 Å². The summed E-state index contributed by atoms with van der Waals surface area (Å²) in [7, 11) is -3.45. The van der Waals surface area contributed by atoms with Crippen LogP contribution in [-0.4, -0.2) is 21.5 Å². The Kier molecular flexibility index (Phi) is 5.16. The largest absolute Gasteiger partial charge is 0.330 e. The molecule has 0 saturated carbocycles. The van der Waals surface area contributed by atoms with Gasteiger partial charge in [-0.05, 0) is 37.6 Å². The number of rotatable bonds is 5. The standard InChI is InChI=1S/C12H16N2O2S/c1-2-3-10-14-17(15,16)12-6-4-11(5-7-12)8-9-13/h4-7,14H,8-10,13H2,1H3. The molecule has 5 heteroatoms. The van der Waals surface area contributed by atoms with Crippen LogP contribution in [0.15, 0.2) is 29.2 Å². The van der Waals surface area contributed by atoms with Gasteiger partial charge in [0.2, 0.25) is 10.0 Å². The Bertz CT molecular complexity index is 510. The Morgan fingerprint density at radius 3 is 2.47 bits per heavy atom. The van der Waals surface area contributed by atoms with E-state index in [9.17, 15) is 8.42 Å². The van der Waals surface area contributed by atoms with Crippen molar-refractivity contribution in [1.82, 2.24) is 4.72 Å². The van der Waals surface area contributed by atoms with E-state index in [4.69, 9.17) is 5.73 Å². The third-order valence-electron chi connectivity index (χ3n) is 2.19. The fourth-order valence-electron chi connectivity index (χ4n) is 1.30. The maximum absolute atomic E-state index is 11.8. The van der Waals surface area contributed by atoms with Crippen molar-refractivity contribution in [3.63, 3.8) is 0 Å². The lowest BCUT2D eigenvalue weighted by Crippen LogP contribution is -2.23. The van der Waals surface area contributed by atoms with E-state index in [2.05, 4.69) is 16.6 Å². The summed E-state index contributed by atoms with van der Waals surface area (Å²) in [5.74, 6) is 5.28. The Morgan fingerprint density at radius 1 is 1.29 bits per heavy atom. The molecule has 0 fully saturated rings. The minimum absolute atomic E-state index is 0.128. The predicted octanol–water partition coefficient (Wildman–Crippen LogP) is 0.489. The van der Waals surface area contributed by atoms with E-state index in [-0.39, 0.29) is 11.4 Å². The summed E-state index contributed by atoms with van der Waals surface area (Å²) < 4.78 is 25.9. The van der Waals surface area contributed by atoms with Gasteiger partial charge in [-0.15, -0.1) is 5.92 Å². The highest BCUT2D eigenvalue weighted by Gasteiger charge is 2.11. The van der Waals surface area contributed by atoms with Crippen LogP contribution in [0.5, 0.6) is 0 Å². The van der Waals surface area contributed by atoms with Crippen LogP contribution in [0.3, 0.4) is 0 Å². The number of benzene rings is 1. The molecule has 4 nitrogen and oxygen atoms in total. The first-order chi connectivity index (χ1) is 8.10. The Balaban J connectivity index is 2.80. The molecule has 1 aromatic rings. The molecule has 17 heavy (non-hydrogen) atoms. The minimum atomic E-state index is -3.45. The first kappa shape index (κ1) is 13.7. The van der Waals surface area contributed by atoms with Gasteiger partial charge in [0.1, 0.15) is 0 Å². The summed E-state index contributed by atoms with van der Waals surface area (Å²) in [6.45, 7) is 2.34. The van der Waals surface area contributed by atoms with Gasteiger partial charge in [-0.2, -0.15) is 4.72 Å². The van der Waals surface area contributed by atoms with E-state index in [1.807, 2.05) is 0 Å². The van der Waals surface area contributed by atoms with Crippen molar-refractivity contribution in [1.29, 1.82) is 0 Å². The van der Waals surface area contributed by atoms with E-state index in [1.165, 1.54) is 0 Å². The summed E-state index contributed by atoms with van der Waals surface area (Å²) >= 11 is 0. The zero-order chi connectivity index (χ0) is 12.7. The van der Waals surface area contributed by atoms with Gasteiger partial charge in [0.15, 0.2) is 0 Å². The molecule has 0 aromatic heterocycles. The Morgan fingerprint density at radius 2 is 1.94 bits per heavy atom. The number of nitrogens with two attached hydrogens (primary N) is 1. The molecule has 0 aliphatic rings. The van der Waals surface area contributed by atoms with Crippen molar-refractivity contribution < 1.29 is 8.42 Å². The molecule has 1 aromatic carbocycles. The maximum Gasteiger partial charge on any atom is 0.241 e. The van der Waals surface area contributed by atoms with Crippen molar-refractivity contribution in [3.05, 3.63) is 29.8 Å². The highest BCUT2D eigenvalue weighted by Crippen LogP contribution is 2.10. The van der Waals surface area contributed by atoms with Crippen LogP contribution >= 0.6 is 0 Å². The monoisotopic (exact) mass is 252 g/mol. The van der Waals surface area contributed by atoms with Crippen LogP contribution in [0.2, 0.25) is 0 Å². The minimum Gasteiger partial charge on any atom is -0.330 e. The molecule has 0 heterocycles. The molecule has 1 rings (SSSR count). The van der Waals surface area contributed by atoms with Gasteiger partial charge in [0, 0.05) is 0 Å². The number of nitrogens with one attached hydrogen (secondary N) is 1. The summed E-state index contributed by atoms with van der Waals surface area (Å²) in [5.41, 5.74) is 6.45. The third-order valence-corrected chi connectivity index (χ3v) is 3.61. The molecule has 0 amide bonds. The van der Waals surface area contributed by atoms with Crippen molar-refractivity contribution in [2.75, 3.05) is 13.1 Å². The smallest absolute Gasteiger partial charge is 0.241 e. The lowest BCUT2D eigenvalue weighted by atomic mass is 10.2. The molecule has 0 radical (unpaired) electrons. The van der Waals surface area contributed by atoms with Crippen LogP contribution in [-0.2, 0) is 16.4 Å². The zero-order valence-electron chi connectivity index (χ0n) is 9.73. The molecule has 0 saturated heterocycles. The fraction of sp³-hybridized carbons (Fsp3) is 0.333. The van der Waals surface area contributed by atoms with Gasteiger partial charge in [0.25, 0.3) is 0 Å². The van der Waals surface area contributed by atoms with Crippen molar-refractivity contribution in [2.45, 2.75) is 18.2 Å². The average Bonchev–Trinajstić information content (AvgIpc) is 2.30. The third kappa shape index (κ3) is 4.19. The van der Waals surface area contributed by atoms with Gasteiger partial charge in [-0.1, -0.05) is 18.1 Å². The SMILES string of the molecule is CC#CCNS(=O)(=O)c1ccc(CCN)cc1. The fourth-order valence-corrected chi connectivity index (χ4v) is 2.23. The van der Waals surface area contributed by atoms with Crippen molar-refractivity contribution in [2.24, 2.45) is 5.73 Å².